The van der Waals surface area contributed by atoms with Crippen LogP contribution in [0.1, 0.15) is 18.1 Å². The molecular weight excluding hydrogens is 311 g/mol. The zero-order valence-corrected chi connectivity index (χ0v) is 13.7. The maximum absolute atomic E-state index is 6.17. The van der Waals surface area contributed by atoms with Gasteiger partial charge in [-0.05, 0) is 49.6 Å². The van der Waals surface area contributed by atoms with Gasteiger partial charge in [0.05, 0.1) is 5.02 Å². The lowest BCUT2D eigenvalue weighted by molar-refractivity contribution is 0.733. The summed E-state index contributed by atoms with van der Waals surface area (Å²) in [6, 6.07) is 7.69. The Morgan fingerprint density at radius 3 is 2.70 bits per heavy atom. The van der Waals surface area contributed by atoms with E-state index in [4.69, 9.17) is 28.9 Å². The first-order chi connectivity index (χ1) is 9.45. The van der Waals surface area contributed by atoms with Gasteiger partial charge in [0.2, 0.25) is 0 Å². The van der Waals surface area contributed by atoms with E-state index in [0.29, 0.717) is 10.0 Å². The van der Waals surface area contributed by atoms with E-state index in [1.807, 2.05) is 26.1 Å². The fourth-order valence-electron chi connectivity index (χ4n) is 1.87. The van der Waals surface area contributed by atoms with Crippen LogP contribution in [0.2, 0.25) is 10.0 Å². The molecule has 106 valence electrons. The van der Waals surface area contributed by atoms with E-state index in [2.05, 4.69) is 11.1 Å². The van der Waals surface area contributed by atoms with E-state index >= 15 is 0 Å². The predicted octanol–water partition coefficient (Wildman–Crippen LogP) is 4.74. The van der Waals surface area contributed by atoms with E-state index in [1.54, 1.807) is 12.1 Å². The molecule has 0 saturated carbocycles. The summed E-state index contributed by atoms with van der Waals surface area (Å²) in [7, 11) is 0. The molecule has 0 aliphatic carbocycles. The largest absolute Gasteiger partial charge is 0.328 e. The molecule has 2 N–H and O–H groups in total. The van der Waals surface area contributed by atoms with Crippen molar-refractivity contribution in [3.8, 4) is 0 Å². The lowest BCUT2D eigenvalue weighted by atomic mass is 10.1. The van der Waals surface area contributed by atoms with Gasteiger partial charge in [-0.1, -0.05) is 41.0 Å². The molecule has 0 fully saturated rings. The second-order valence-corrected chi connectivity index (χ2v) is 6.70. The molecule has 1 unspecified atom stereocenters. The smallest absolute Gasteiger partial charge is 0.104 e. The topological polar surface area (TPSA) is 38.9 Å². The summed E-state index contributed by atoms with van der Waals surface area (Å²) >= 11 is 13.7. The fraction of sp³-hybridized carbons (Fsp3) is 0.267. The minimum Gasteiger partial charge on any atom is -0.328 e. The molecule has 2 aromatic rings. The van der Waals surface area contributed by atoms with E-state index in [1.165, 1.54) is 11.8 Å². The summed E-state index contributed by atoms with van der Waals surface area (Å²) in [4.78, 5) is 5.41. The van der Waals surface area contributed by atoms with Crippen molar-refractivity contribution in [3.05, 3.63) is 51.6 Å². The Labute approximate surface area is 133 Å². The summed E-state index contributed by atoms with van der Waals surface area (Å²) in [5, 5.41) is 2.28. The molecule has 0 spiro atoms. The van der Waals surface area contributed by atoms with Crippen molar-refractivity contribution in [1.82, 2.24) is 4.98 Å². The van der Waals surface area contributed by atoms with Crippen LogP contribution in [-0.2, 0) is 6.42 Å². The number of nitrogens with two attached hydrogens (primary N) is 1. The van der Waals surface area contributed by atoms with Gasteiger partial charge in [0.1, 0.15) is 5.03 Å². The van der Waals surface area contributed by atoms with Crippen LogP contribution < -0.4 is 5.73 Å². The molecule has 0 saturated heterocycles. The summed E-state index contributed by atoms with van der Waals surface area (Å²) in [6.07, 6.45) is 2.70. The summed E-state index contributed by atoms with van der Waals surface area (Å²) in [5.74, 6) is 0. The minimum absolute atomic E-state index is 0.136. The Kier molecular flexibility index (Phi) is 5.33. The van der Waals surface area contributed by atoms with E-state index in [0.717, 1.165) is 27.5 Å². The first-order valence-corrected chi connectivity index (χ1v) is 7.87. The van der Waals surface area contributed by atoms with Crippen LogP contribution in [-0.4, -0.2) is 11.0 Å². The molecule has 5 heteroatoms. The van der Waals surface area contributed by atoms with E-state index < -0.39 is 0 Å². The van der Waals surface area contributed by atoms with Crippen molar-refractivity contribution in [1.29, 1.82) is 0 Å². The van der Waals surface area contributed by atoms with Crippen molar-refractivity contribution in [2.45, 2.75) is 36.2 Å². The molecule has 0 amide bonds. The SMILES string of the molecule is Cc1cc(CC(C)N)cnc1Sc1cc(Cl)ccc1Cl. The predicted molar refractivity (Wildman–Crippen MR) is 86.9 cm³/mol. The highest BCUT2D eigenvalue weighted by atomic mass is 35.5. The van der Waals surface area contributed by atoms with Crippen LogP contribution in [0.3, 0.4) is 0 Å². The summed E-state index contributed by atoms with van der Waals surface area (Å²) in [5.41, 5.74) is 8.07. The molecule has 0 aliphatic rings. The lowest BCUT2D eigenvalue weighted by Crippen LogP contribution is -2.17. The molecule has 1 atom stereocenters. The van der Waals surface area contributed by atoms with Crippen LogP contribution in [0.15, 0.2) is 40.4 Å². The molecule has 0 aliphatic heterocycles. The number of benzene rings is 1. The Bertz CT molecular complexity index is 615. The first-order valence-electron chi connectivity index (χ1n) is 6.29. The highest BCUT2D eigenvalue weighted by molar-refractivity contribution is 7.99. The quantitative estimate of drug-likeness (QED) is 0.882. The Balaban J connectivity index is 2.23. The standard InChI is InChI=1S/C15H16Cl2N2S/c1-9-5-11(6-10(2)18)8-19-15(9)20-14-7-12(16)3-4-13(14)17/h3-5,7-8,10H,6,18H2,1-2H3. The molecule has 1 aromatic carbocycles. The van der Waals surface area contributed by atoms with Gasteiger partial charge in [-0.25, -0.2) is 4.98 Å². The van der Waals surface area contributed by atoms with Crippen LogP contribution in [0, 0.1) is 6.92 Å². The summed E-state index contributed by atoms with van der Waals surface area (Å²) < 4.78 is 0. The molecule has 0 bridgehead atoms. The van der Waals surface area contributed by atoms with Crippen molar-refractivity contribution >= 4 is 35.0 Å². The van der Waals surface area contributed by atoms with Gasteiger partial charge in [-0.15, -0.1) is 0 Å². The van der Waals surface area contributed by atoms with Gasteiger partial charge in [-0.2, -0.15) is 0 Å². The van der Waals surface area contributed by atoms with Crippen LogP contribution >= 0.6 is 35.0 Å². The van der Waals surface area contributed by atoms with Crippen molar-refractivity contribution in [3.63, 3.8) is 0 Å². The fourth-order valence-corrected chi connectivity index (χ4v) is 3.23. The van der Waals surface area contributed by atoms with Gasteiger partial charge in [0.15, 0.2) is 0 Å². The van der Waals surface area contributed by atoms with Gasteiger partial charge >= 0.3 is 0 Å². The monoisotopic (exact) mass is 326 g/mol. The second-order valence-electron chi connectivity index (χ2n) is 4.82. The summed E-state index contributed by atoms with van der Waals surface area (Å²) in [6.45, 7) is 4.03. The highest BCUT2D eigenvalue weighted by Crippen LogP contribution is 2.35. The number of rotatable bonds is 4. The molecule has 2 nitrogen and oxygen atoms in total. The Morgan fingerprint density at radius 2 is 2.05 bits per heavy atom. The highest BCUT2D eigenvalue weighted by Gasteiger charge is 2.09. The number of hydrogen-bond acceptors (Lipinski definition) is 3. The molecule has 0 radical (unpaired) electrons. The van der Waals surface area contributed by atoms with Gasteiger partial charge in [-0.3, -0.25) is 0 Å². The van der Waals surface area contributed by atoms with Crippen LogP contribution in [0.5, 0.6) is 0 Å². The minimum atomic E-state index is 0.136. The van der Waals surface area contributed by atoms with E-state index in [9.17, 15) is 0 Å². The lowest BCUT2D eigenvalue weighted by Gasteiger charge is -2.10. The number of hydrogen-bond donors (Lipinski definition) is 1. The molecular formula is C15H16Cl2N2S. The molecule has 1 heterocycles. The maximum Gasteiger partial charge on any atom is 0.104 e. The number of halogens is 2. The maximum atomic E-state index is 6.17. The number of nitrogens with zero attached hydrogens (tertiary/aromatic N) is 1. The van der Waals surface area contributed by atoms with Crippen molar-refractivity contribution < 1.29 is 0 Å². The zero-order valence-electron chi connectivity index (χ0n) is 11.4. The van der Waals surface area contributed by atoms with Crippen LogP contribution in [0.25, 0.3) is 0 Å². The number of pyridine rings is 1. The molecule has 20 heavy (non-hydrogen) atoms. The Hall–Kier alpha value is -0.740. The van der Waals surface area contributed by atoms with Gasteiger partial charge < -0.3 is 5.73 Å². The molecule has 2 rings (SSSR count). The first kappa shape index (κ1) is 15.6. The average Bonchev–Trinajstić information content (AvgIpc) is 2.36. The zero-order chi connectivity index (χ0) is 14.7. The number of aryl methyl sites for hydroxylation is 1. The van der Waals surface area contributed by atoms with Crippen molar-refractivity contribution in [2.24, 2.45) is 5.73 Å². The van der Waals surface area contributed by atoms with Gasteiger partial charge in [0, 0.05) is 22.2 Å². The van der Waals surface area contributed by atoms with Gasteiger partial charge in [0.25, 0.3) is 0 Å². The molecule has 1 aromatic heterocycles. The third-order valence-corrected chi connectivity index (χ3v) is 4.60. The van der Waals surface area contributed by atoms with Crippen molar-refractivity contribution in [2.75, 3.05) is 0 Å². The van der Waals surface area contributed by atoms with E-state index in [-0.39, 0.29) is 6.04 Å². The Morgan fingerprint density at radius 1 is 1.30 bits per heavy atom. The second kappa shape index (κ2) is 6.81. The third kappa shape index (κ3) is 4.13. The normalized spacial score (nSPS) is 12.4. The third-order valence-electron chi connectivity index (χ3n) is 2.74. The number of aromatic nitrogens is 1. The average molecular weight is 327 g/mol. The van der Waals surface area contributed by atoms with Crippen LogP contribution in [0.4, 0.5) is 0 Å².